The highest BCUT2D eigenvalue weighted by atomic mass is 16.5. The number of rotatable bonds is 9. The molecule has 0 unspecified atom stereocenters. The molecule has 6 nitrogen and oxygen atoms in total. The summed E-state index contributed by atoms with van der Waals surface area (Å²) >= 11 is 0. The molecule has 0 saturated carbocycles. The largest absolute Gasteiger partial charge is 0.372 e. The molecule has 0 fully saturated rings. The number of nitrogens with one attached hydrogen (secondary N) is 2. The van der Waals surface area contributed by atoms with E-state index in [9.17, 15) is 0 Å². The Hall–Kier alpha value is -3.12. The number of ether oxygens (including phenoxy) is 1. The second-order valence-corrected chi connectivity index (χ2v) is 7.40. The fourth-order valence-corrected chi connectivity index (χ4v) is 2.98. The number of guanidine groups is 1. The van der Waals surface area contributed by atoms with E-state index in [4.69, 9.17) is 9.26 Å². The fraction of sp³-hybridized carbons (Fsp3) is 0.333. The van der Waals surface area contributed by atoms with Crippen molar-refractivity contribution in [3.63, 3.8) is 0 Å². The van der Waals surface area contributed by atoms with Crippen molar-refractivity contribution in [1.82, 2.24) is 15.8 Å². The molecule has 0 radical (unpaired) electrons. The van der Waals surface area contributed by atoms with E-state index in [2.05, 4.69) is 58.9 Å². The van der Waals surface area contributed by atoms with Gasteiger partial charge in [-0.25, -0.2) is 0 Å². The second-order valence-electron chi connectivity index (χ2n) is 7.40. The summed E-state index contributed by atoms with van der Waals surface area (Å²) in [7, 11) is 1.75. The molecule has 0 spiro atoms. The Kier molecular flexibility index (Phi) is 8.03. The van der Waals surface area contributed by atoms with E-state index in [1.54, 1.807) is 7.05 Å². The summed E-state index contributed by atoms with van der Waals surface area (Å²) in [4.78, 5) is 4.29. The van der Waals surface area contributed by atoms with E-state index in [1.165, 1.54) is 11.1 Å². The monoisotopic (exact) mass is 406 g/mol. The van der Waals surface area contributed by atoms with Gasteiger partial charge in [0.2, 0.25) is 0 Å². The summed E-state index contributed by atoms with van der Waals surface area (Å²) in [5.74, 6) is 1.84. The van der Waals surface area contributed by atoms with Crippen LogP contribution in [0.1, 0.15) is 47.9 Å². The van der Waals surface area contributed by atoms with Crippen LogP contribution in [0.3, 0.4) is 0 Å². The average molecular weight is 407 g/mol. The molecule has 0 bridgehead atoms. The molecule has 6 heteroatoms. The van der Waals surface area contributed by atoms with Crippen LogP contribution in [0.5, 0.6) is 0 Å². The second kappa shape index (κ2) is 11.2. The van der Waals surface area contributed by atoms with Gasteiger partial charge in [-0.3, -0.25) is 4.99 Å². The molecule has 0 atom stereocenters. The van der Waals surface area contributed by atoms with Crippen LogP contribution in [0, 0.1) is 0 Å². The summed E-state index contributed by atoms with van der Waals surface area (Å²) in [6.45, 7) is 6.53. The maximum absolute atomic E-state index is 5.91. The van der Waals surface area contributed by atoms with Gasteiger partial charge in [0.05, 0.1) is 25.5 Å². The van der Waals surface area contributed by atoms with Crippen LogP contribution < -0.4 is 10.6 Å². The van der Waals surface area contributed by atoms with Gasteiger partial charge in [-0.15, -0.1) is 0 Å². The zero-order valence-electron chi connectivity index (χ0n) is 17.9. The van der Waals surface area contributed by atoms with Gasteiger partial charge in [0.1, 0.15) is 0 Å². The smallest absolute Gasteiger partial charge is 0.191 e. The molecular formula is C24H30N4O2. The Morgan fingerprint density at radius 1 is 0.967 bits per heavy atom. The minimum absolute atomic E-state index is 0.348. The Morgan fingerprint density at radius 2 is 1.67 bits per heavy atom. The van der Waals surface area contributed by atoms with Gasteiger partial charge in [-0.05, 0) is 22.6 Å². The average Bonchev–Trinajstić information content (AvgIpc) is 3.25. The molecule has 2 N–H and O–H groups in total. The molecule has 1 heterocycles. The van der Waals surface area contributed by atoms with Crippen LogP contribution in [0.15, 0.2) is 70.2 Å². The standard InChI is InChI=1S/C24H30N4O2/c1-18(2)23-13-22(30-28-23)15-27-24(25-3)26-14-20-11-7-8-12-21(20)17-29-16-19-9-5-4-6-10-19/h4-13,18H,14-17H2,1-3H3,(H2,25,26,27). The lowest BCUT2D eigenvalue weighted by Crippen LogP contribution is -2.36. The van der Waals surface area contributed by atoms with E-state index in [-0.39, 0.29) is 0 Å². The molecule has 30 heavy (non-hydrogen) atoms. The number of aromatic nitrogens is 1. The number of hydrogen-bond acceptors (Lipinski definition) is 4. The van der Waals surface area contributed by atoms with Gasteiger partial charge in [-0.2, -0.15) is 0 Å². The summed E-state index contributed by atoms with van der Waals surface area (Å²) in [6, 6.07) is 20.5. The third-order valence-electron chi connectivity index (χ3n) is 4.76. The van der Waals surface area contributed by atoms with E-state index in [0.29, 0.717) is 38.2 Å². The van der Waals surface area contributed by atoms with Crippen molar-refractivity contribution in [2.45, 2.75) is 46.1 Å². The van der Waals surface area contributed by atoms with Crippen LogP contribution in [0.25, 0.3) is 0 Å². The SMILES string of the molecule is CN=C(NCc1cc(C(C)C)no1)NCc1ccccc1COCc1ccccc1. The molecule has 158 valence electrons. The summed E-state index contributed by atoms with van der Waals surface area (Å²) in [6.07, 6.45) is 0. The molecule has 3 rings (SSSR count). The molecule has 1 aromatic heterocycles. The van der Waals surface area contributed by atoms with Gasteiger partial charge >= 0.3 is 0 Å². The zero-order valence-corrected chi connectivity index (χ0v) is 17.9. The Labute approximate surface area is 178 Å². The minimum atomic E-state index is 0.348. The Bertz CT molecular complexity index is 935. The van der Waals surface area contributed by atoms with E-state index in [1.807, 2.05) is 36.4 Å². The molecule has 0 amide bonds. The minimum Gasteiger partial charge on any atom is -0.372 e. The first-order valence-corrected chi connectivity index (χ1v) is 10.2. The highest BCUT2D eigenvalue weighted by Crippen LogP contribution is 2.14. The van der Waals surface area contributed by atoms with Crippen molar-refractivity contribution in [1.29, 1.82) is 0 Å². The van der Waals surface area contributed by atoms with Crippen molar-refractivity contribution in [2.24, 2.45) is 4.99 Å². The van der Waals surface area contributed by atoms with Gasteiger partial charge in [0.15, 0.2) is 11.7 Å². The summed E-state index contributed by atoms with van der Waals surface area (Å²) in [5.41, 5.74) is 4.47. The van der Waals surface area contributed by atoms with Crippen molar-refractivity contribution < 1.29 is 9.26 Å². The summed E-state index contributed by atoms with van der Waals surface area (Å²) < 4.78 is 11.3. The van der Waals surface area contributed by atoms with Crippen LogP contribution >= 0.6 is 0 Å². The predicted molar refractivity (Wildman–Crippen MR) is 119 cm³/mol. The van der Waals surface area contributed by atoms with Crippen LogP contribution in [0.2, 0.25) is 0 Å². The molecule has 2 aromatic carbocycles. The molecule has 0 aliphatic rings. The number of hydrogen-bond donors (Lipinski definition) is 2. The first kappa shape index (κ1) is 21.6. The van der Waals surface area contributed by atoms with Gasteiger partial charge in [0.25, 0.3) is 0 Å². The lowest BCUT2D eigenvalue weighted by molar-refractivity contribution is 0.106. The third kappa shape index (κ3) is 6.46. The van der Waals surface area contributed by atoms with Gasteiger partial charge in [0, 0.05) is 19.7 Å². The Morgan fingerprint density at radius 3 is 2.37 bits per heavy atom. The first-order chi connectivity index (χ1) is 14.7. The number of nitrogens with zero attached hydrogens (tertiary/aromatic N) is 2. The van der Waals surface area contributed by atoms with Crippen molar-refractivity contribution >= 4 is 5.96 Å². The lowest BCUT2D eigenvalue weighted by atomic mass is 10.1. The predicted octanol–water partition coefficient (Wildman–Crippen LogP) is 4.38. The summed E-state index contributed by atoms with van der Waals surface area (Å²) in [5, 5.41) is 10.7. The fourth-order valence-electron chi connectivity index (χ4n) is 2.98. The number of benzene rings is 2. The zero-order chi connectivity index (χ0) is 21.2. The third-order valence-corrected chi connectivity index (χ3v) is 4.76. The van der Waals surface area contributed by atoms with E-state index < -0.39 is 0 Å². The van der Waals surface area contributed by atoms with Gasteiger partial charge < -0.3 is 19.9 Å². The maximum atomic E-state index is 5.91. The van der Waals surface area contributed by atoms with Crippen molar-refractivity contribution in [2.75, 3.05) is 7.05 Å². The van der Waals surface area contributed by atoms with E-state index >= 15 is 0 Å². The van der Waals surface area contributed by atoms with Crippen molar-refractivity contribution in [3.8, 4) is 0 Å². The lowest BCUT2D eigenvalue weighted by Gasteiger charge is -2.14. The van der Waals surface area contributed by atoms with Crippen LogP contribution in [0.4, 0.5) is 0 Å². The normalized spacial score (nSPS) is 11.7. The topological polar surface area (TPSA) is 71.7 Å². The van der Waals surface area contributed by atoms with Crippen molar-refractivity contribution in [3.05, 3.63) is 88.8 Å². The Balaban J connectivity index is 1.50. The quantitative estimate of drug-likeness (QED) is 0.408. The molecule has 0 saturated heterocycles. The van der Waals surface area contributed by atoms with E-state index in [0.717, 1.165) is 17.0 Å². The maximum Gasteiger partial charge on any atom is 0.191 e. The number of aliphatic imine (C=N–C) groups is 1. The highest BCUT2D eigenvalue weighted by molar-refractivity contribution is 5.79. The highest BCUT2D eigenvalue weighted by Gasteiger charge is 2.09. The first-order valence-electron chi connectivity index (χ1n) is 10.2. The molecule has 0 aliphatic carbocycles. The molecule has 3 aromatic rings. The van der Waals surface area contributed by atoms with Crippen LogP contribution in [-0.2, 0) is 31.0 Å². The van der Waals surface area contributed by atoms with Crippen LogP contribution in [-0.4, -0.2) is 18.2 Å². The molecule has 0 aliphatic heterocycles. The molecular weight excluding hydrogens is 376 g/mol. The van der Waals surface area contributed by atoms with Gasteiger partial charge in [-0.1, -0.05) is 73.6 Å².